The van der Waals surface area contributed by atoms with Gasteiger partial charge in [-0.1, -0.05) is 35.9 Å². The number of ether oxygens (including phenoxy) is 1. The molecule has 2 nitrogen and oxygen atoms in total. The van der Waals surface area contributed by atoms with E-state index in [1.807, 2.05) is 24.3 Å². The standard InChI is InChI=1S/C14H17NO/c1-11-2-8-14(9-3-11)16-10-12-4-6-13(15)7-5-12/h2-8,14H,9-10,15H2,1H3. The Morgan fingerprint density at radius 1 is 1.31 bits per heavy atom. The Balaban J connectivity index is 1.84. The quantitative estimate of drug-likeness (QED) is 0.786. The van der Waals surface area contributed by atoms with Crippen molar-refractivity contribution in [3.8, 4) is 0 Å². The summed E-state index contributed by atoms with van der Waals surface area (Å²) in [5.41, 5.74) is 8.89. The van der Waals surface area contributed by atoms with E-state index in [1.54, 1.807) is 0 Å². The first kappa shape index (κ1) is 11.0. The topological polar surface area (TPSA) is 35.2 Å². The Hall–Kier alpha value is -1.54. The number of benzene rings is 1. The van der Waals surface area contributed by atoms with Crippen molar-refractivity contribution in [2.75, 3.05) is 5.73 Å². The van der Waals surface area contributed by atoms with Gasteiger partial charge in [0.05, 0.1) is 12.7 Å². The van der Waals surface area contributed by atoms with Crippen LogP contribution in [0.4, 0.5) is 5.69 Å². The fourth-order valence-electron chi connectivity index (χ4n) is 1.65. The molecule has 16 heavy (non-hydrogen) atoms. The second kappa shape index (κ2) is 4.99. The molecule has 2 heteroatoms. The second-order valence-corrected chi connectivity index (χ2v) is 4.13. The summed E-state index contributed by atoms with van der Waals surface area (Å²) in [5, 5.41) is 0. The van der Waals surface area contributed by atoms with Gasteiger partial charge in [0, 0.05) is 5.69 Å². The average Bonchev–Trinajstić information content (AvgIpc) is 2.30. The smallest absolute Gasteiger partial charge is 0.0798 e. The summed E-state index contributed by atoms with van der Waals surface area (Å²) in [5.74, 6) is 0. The highest BCUT2D eigenvalue weighted by Crippen LogP contribution is 2.15. The van der Waals surface area contributed by atoms with Gasteiger partial charge in [-0.15, -0.1) is 0 Å². The molecule has 84 valence electrons. The van der Waals surface area contributed by atoms with Crippen LogP contribution in [0.25, 0.3) is 0 Å². The van der Waals surface area contributed by atoms with Gasteiger partial charge in [-0.25, -0.2) is 0 Å². The molecule has 1 atom stereocenters. The average molecular weight is 215 g/mol. The Morgan fingerprint density at radius 3 is 2.69 bits per heavy atom. The van der Waals surface area contributed by atoms with Crippen LogP contribution in [0.15, 0.2) is 48.1 Å². The van der Waals surface area contributed by atoms with Crippen LogP contribution >= 0.6 is 0 Å². The fourth-order valence-corrected chi connectivity index (χ4v) is 1.65. The summed E-state index contributed by atoms with van der Waals surface area (Å²) in [6.45, 7) is 2.74. The van der Waals surface area contributed by atoms with Crippen molar-refractivity contribution in [3.05, 3.63) is 53.6 Å². The number of hydrogen-bond donors (Lipinski definition) is 1. The van der Waals surface area contributed by atoms with Crippen molar-refractivity contribution in [1.82, 2.24) is 0 Å². The van der Waals surface area contributed by atoms with E-state index < -0.39 is 0 Å². The first-order valence-electron chi connectivity index (χ1n) is 5.55. The highest BCUT2D eigenvalue weighted by Gasteiger charge is 2.07. The van der Waals surface area contributed by atoms with Crippen molar-refractivity contribution >= 4 is 5.69 Å². The maximum Gasteiger partial charge on any atom is 0.0798 e. The van der Waals surface area contributed by atoms with Gasteiger partial charge in [0.15, 0.2) is 0 Å². The second-order valence-electron chi connectivity index (χ2n) is 4.13. The third-order valence-corrected chi connectivity index (χ3v) is 2.69. The minimum atomic E-state index is 0.209. The molecule has 0 saturated carbocycles. The molecular weight excluding hydrogens is 198 g/mol. The van der Waals surface area contributed by atoms with Crippen LogP contribution < -0.4 is 5.73 Å². The van der Waals surface area contributed by atoms with Crippen LogP contribution in [-0.2, 0) is 11.3 Å². The zero-order valence-corrected chi connectivity index (χ0v) is 9.52. The predicted octanol–water partition coefficient (Wildman–Crippen LogP) is 3.06. The Kier molecular flexibility index (Phi) is 3.42. The highest BCUT2D eigenvalue weighted by atomic mass is 16.5. The van der Waals surface area contributed by atoms with E-state index in [2.05, 4.69) is 25.2 Å². The van der Waals surface area contributed by atoms with E-state index in [-0.39, 0.29) is 6.10 Å². The van der Waals surface area contributed by atoms with Gasteiger partial charge in [0.25, 0.3) is 0 Å². The molecule has 0 amide bonds. The lowest BCUT2D eigenvalue weighted by atomic mass is 10.1. The molecule has 1 aromatic rings. The Morgan fingerprint density at radius 2 is 2.06 bits per heavy atom. The minimum absolute atomic E-state index is 0.209. The lowest BCUT2D eigenvalue weighted by Gasteiger charge is -2.15. The van der Waals surface area contributed by atoms with E-state index in [0.29, 0.717) is 6.61 Å². The molecule has 0 saturated heterocycles. The van der Waals surface area contributed by atoms with Crippen LogP contribution in [-0.4, -0.2) is 6.10 Å². The van der Waals surface area contributed by atoms with Gasteiger partial charge in [0.2, 0.25) is 0 Å². The number of rotatable bonds is 3. The van der Waals surface area contributed by atoms with Gasteiger partial charge in [-0.05, 0) is 31.0 Å². The predicted molar refractivity (Wildman–Crippen MR) is 66.9 cm³/mol. The maximum absolute atomic E-state index is 5.78. The first-order valence-corrected chi connectivity index (χ1v) is 5.55. The highest BCUT2D eigenvalue weighted by molar-refractivity contribution is 5.39. The van der Waals surface area contributed by atoms with E-state index in [9.17, 15) is 0 Å². The third kappa shape index (κ3) is 2.97. The molecule has 0 radical (unpaired) electrons. The summed E-state index contributed by atoms with van der Waals surface area (Å²) in [7, 11) is 0. The molecule has 1 aromatic carbocycles. The maximum atomic E-state index is 5.78. The third-order valence-electron chi connectivity index (χ3n) is 2.69. The minimum Gasteiger partial charge on any atom is -0.399 e. The van der Waals surface area contributed by atoms with Crippen LogP contribution in [0, 0.1) is 0 Å². The van der Waals surface area contributed by atoms with Crippen molar-refractivity contribution < 1.29 is 4.74 Å². The summed E-state index contributed by atoms with van der Waals surface area (Å²) < 4.78 is 5.78. The molecule has 2 N–H and O–H groups in total. The van der Waals surface area contributed by atoms with E-state index in [1.165, 1.54) is 5.57 Å². The van der Waals surface area contributed by atoms with Gasteiger partial charge in [0.1, 0.15) is 0 Å². The molecule has 0 fully saturated rings. The van der Waals surface area contributed by atoms with E-state index in [0.717, 1.165) is 17.7 Å². The van der Waals surface area contributed by atoms with Crippen molar-refractivity contribution in [2.24, 2.45) is 0 Å². The Bertz CT molecular complexity index is 403. The van der Waals surface area contributed by atoms with E-state index in [4.69, 9.17) is 10.5 Å². The Labute approximate surface area is 96.4 Å². The summed E-state index contributed by atoms with van der Waals surface area (Å²) in [6.07, 6.45) is 7.61. The summed E-state index contributed by atoms with van der Waals surface area (Å²) in [4.78, 5) is 0. The zero-order valence-electron chi connectivity index (χ0n) is 9.52. The number of nitrogens with two attached hydrogens (primary N) is 1. The van der Waals surface area contributed by atoms with Gasteiger partial charge in [-0.3, -0.25) is 0 Å². The summed E-state index contributed by atoms with van der Waals surface area (Å²) >= 11 is 0. The number of nitrogen functional groups attached to an aromatic ring is 1. The molecule has 2 rings (SSSR count). The molecule has 0 aromatic heterocycles. The number of anilines is 1. The molecule has 0 bridgehead atoms. The van der Waals surface area contributed by atoms with Crippen LogP contribution in [0.2, 0.25) is 0 Å². The van der Waals surface area contributed by atoms with Crippen molar-refractivity contribution in [1.29, 1.82) is 0 Å². The van der Waals surface area contributed by atoms with Crippen molar-refractivity contribution in [3.63, 3.8) is 0 Å². The van der Waals surface area contributed by atoms with Crippen LogP contribution in [0.5, 0.6) is 0 Å². The monoisotopic (exact) mass is 215 g/mol. The normalized spacial score (nSPS) is 19.6. The fraction of sp³-hybridized carbons (Fsp3) is 0.286. The molecule has 1 unspecified atom stereocenters. The van der Waals surface area contributed by atoms with Gasteiger partial charge in [-0.2, -0.15) is 0 Å². The zero-order chi connectivity index (χ0) is 11.4. The number of hydrogen-bond acceptors (Lipinski definition) is 2. The molecule has 0 aliphatic heterocycles. The van der Waals surface area contributed by atoms with Crippen LogP contribution in [0.3, 0.4) is 0 Å². The van der Waals surface area contributed by atoms with Gasteiger partial charge >= 0.3 is 0 Å². The SMILES string of the molecule is CC1=CCC(OCc2ccc(N)cc2)C=C1. The first-order chi connectivity index (χ1) is 7.74. The molecule has 1 aliphatic rings. The van der Waals surface area contributed by atoms with Crippen molar-refractivity contribution in [2.45, 2.75) is 26.1 Å². The molecule has 0 heterocycles. The summed E-state index contributed by atoms with van der Waals surface area (Å²) in [6, 6.07) is 7.81. The lowest BCUT2D eigenvalue weighted by Crippen LogP contribution is -2.11. The van der Waals surface area contributed by atoms with E-state index >= 15 is 0 Å². The largest absolute Gasteiger partial charge is 0.399 e. The van der Waals surface area contributed by atoms with Gasteiger partial charge < -0.3 is 10.5 Å². The molecular formula is C14H17NO. The molecule has 0 spiro atoms. The number of allylic oxidation sites excluding steroid dienone is 2. The lowest BCUT2D eigenvalue weighted by molar-refractivity contribution is 0.0731. The molecule has 1 aliphatic carbocycles. The van der Waals surface area contributed by atoms with Crippen LogP contribution in [0.1, 0.15) is 18.9 Å².